The highest BCUT2D eigenvalue weighted by Gasteiger charge is 2.16. The highest BCUT2D eigenvalue weighted by Crippen LogP contribution is 2.20. The molecular weight excluding hydrogens is 174 g/mol. The highest BCUT2D eigenvalue weighted by molar-refractivity contribution is 5.93. The zero-order valence-corrected chi connectivity index (χ0v) is 9.29. The van der Waals surface area contributed by atoms with Crippen LogP contribution in [0.5, 0.6) is 0 Å². The van der Waals surface area contributed by atoms with E-state index in [0.29, 0.717) is 12.1 Å². The van der Waals surface area contributed by atoms with Crippen LogP contribution in [0, 0.1) is 0 Å². The summed E-state index contributed by atoms with van der Waals surface area (Å²) in [6.45, 7) is 8.13. The summed E-state index contributed by atoms with van der Waals surface area (Å²) in [6.07, 6.45) is 0.514. The van der Waals surface area contributed by atoms with E-state index in [1.165, 1.54) is 0 Å². The number of Topliss-reactive ketones (excluding diaryl/α,β-unsaturated/α-hetero) is 1. The average Bonchev–Trinajstić information content (AvgIpc) is 2.15. The van der Waals surface area contributed by atoms with Crippen LogP contribution in [0.1, 0.15) is 50.3 Å². The molecule has 2 heteroatoms. The summed E-state index contributed by atoms with van der Waals surface area (Å²) in [5.41, 5.74) is 1.56. The standard InChI is InChI=1S/C12H17NO/c1-5-10(14)9-7-6-8-11(13-9)12(2,3)4/h6-8H,5H2,1-4H3. The minimum atomic E-state index is 0.00400. The fourth-order valence-corrected chi connectivity index (χ4v) is 1.19. The topological polar surface area (TPSA) is 30.0 Å². The molecule has 1 aromatic heterocycles. The molecule has 0 radical (unpaired) electrons. The second kappa shape index (κ2) is 3.91. The predicted octanol–water partition coefficient (Wildman–Crippen LogP) is 2.97. The number of ketones is 1. The molecule has 2 nitrogen and oxygen atoms in total. The minimum absolute atomic E-state index is 0.00400. The van der Waals surface area contributed by atoms with Gasteiger partial charge in [-0.1, -0.05) is 33.8 Å². The third-order valence-corrected chi connectivity index (χ3v) is 2.12. The fourth-order valence-electron chi connectivity index (χ4n) is 1.19. The van der Waals surface area contributed by atoms with Crippen LogP contribution in [0.4, 0.5) is 0 Å². The monoisotopic (exact) mass is 191 g/mol. The van der Waals surface area contributed by atoms with Crippen LogP contribution in [0.3, 0.4) is 0 Å². The van der Waals surface area contributed by atoms with Gasteiger partial charge in [-0.25, -0.2) is 4.98 Å². The van der Waals surface area contributed by atoms with E-state index >= 15 is 0 Å². The smallest absolute Gasteiger partial charge is 0.180 e. The summed E-state index contributed by atoms with van der Waals surface area (Å²) in [7, 11) is 0. The first kappa shape index (κ1) is 10.9. The van der Waals surface area contributed by atoms with E-state index in [1.807, 2.05) is 19.1 Å². The van der Waals surface area contributed by atoms with Crippen molar-refractivity contribution in [2.45, 2.75) is 39.5 Å². The Balaban J connectivity index is 3.08. The van der Waals surface area contributed by atoms with E-state index in [1.54, 1.807) is 6.07 Å². The van der Waals surface area contributed by atoms with Crippen LogP contribution in [0.2, 0.25) is 0 Å². The van der Waals surface area contributed by atoms with Gasteiger partial charge in [0.15, 0.2) is 5.78 Å². The van der Waals surface area contributed by atoms with Crippen molar-refractivity contribution in [1.82, 2.24) is 4.98 Å². The highest BCUT2D eigenvalue weighted by atomic mass is 16.1. The van der Waals surface area contributed by atoms with E-state index in [9.17, 15) is 4.79 Å². The van der Waals surface area contributed by atoms with Crippen molar-refractivity contribution in [2.75, 3.05) is 0 Å². The van der Waals surface area contributed by atoms with Gasteiger partial charge in [0.1, 0.15) is 5.69 Å². The van der Waals surface area contributed by atoms with Crippen molar-refractivity contribution in [2.24, 2.45) is 0 Å². The van der Waals surface area contributed by atoms with Crippen LogP contribution in [-0.4, -0.2) is 10.8 Å². The maximum atomic E-state index is 11.4. The third-order valence-electron chi connectivity index (χ3n) is 2.12. The fraction of sp³-hybridized carbons (Fsp3) is 0.500. The van der Waals surface area contributed by atoms with Gasteiger partial charge in [-0.3, -0.25) is 4.79 Å². The van der Waals surface area contributed by atoms with Gasteiger partial charge >= 0.3 is 0 Å². The number of carbonyl (C=O) groups excluding carboxylic acids is 1. The number of carbonyl (C=O) groups is 1. The van der Waals surface area contributed by atoms with Crippen LogP contribution in [-0.2, 0) is 5.41 Å². The summed E-state index contributed by atoms with van der Waals surface area (Å²) in [6, 6.07) is 5.64. The van der Waals surface area contributed by atoms with Crippen LogP contribution in [0.25, 0.3) is 0 Å². The second-order valence-electron chi connectivity index (χ2n) is 4.43. The number of nitrogens with zero attached hydrogens (tertiary/aromatic N) is 1. The molecule has 0 aliphatic carbocycles. The first-order chi connectivity index (χ1) is 6.45. The van der Waals surface area contributed by atoms with E-state index < -0.39 is 0 Å². The van der Waals surface area contributed by atoms with Gasteiger partial charge in [0.2, 0.25) is 0 Å². The van der Waals surface area contributed by atoms with Crippen molar-refractivity contribution in [3.05, 3.63) is 29.6 Å². The van der Waals surface area contributed by atoms with Gasteiger partial charge in [0, 0.05) is 17.5 Å². The van der Waals surface area contributed by atoms with Crippen molar-refractivity contribution in [1.29, 1.82) is 0 Å². The Bertz CT molecular complexity index is 336. The molecule has 0 saturated carbocycles. The Hall–Kier alpha value is -1.18. The lowest BCUT2D eigenvalue weighted by molar-refractivity contribution is 0.0983. The van der Waals surface area contributed by atoms with E-state index in [2.05, 4.69) is 25.8 Å². The number of aromatic nitrogens is 1. The number of hydrogen-bond acceptors (Lipinski definition) is 2. The van der Waals surface area contributed by atoms with Crippen LogP contribution >= 0.6 is 0 Å². The summed E-state index contributed by atoms with van der Waals surface area (Å²) in [5.74, 6) is 0.108. The summed E-state index contributed by atoms with van der Waals surface area (Å²) < 4.78 is 0. The minimum Gasteiger partial charge on any atom is -0.292 e. The lowest BCUT2D eigenvalue weighted by Crippen LogP contribution is -2.15. The van der Waals surface area contributed by atoms with Gasteiger partial charge in [-0.15, -0.1) is 0 Å². The largest absolute Gasteiger partial charge is 0.292 e. The molecule has 0 atom stereocenters. The van der Waals surface area contributed by atoms with E-state index in [0.717, 1.165) is 5.69 Å². The molecule has 0 spiro atoms. The molecule has 0 amide bonds. The quantitative estimate of drug-likeness (QED) is 0.673. The van der Waals surface area contributed by atoms with Gasteiger partial charge in [-0.05, 0) is 12.1 Å². The molecule has 0 aromatic carbocycles. The third kappa shape index (κ3) is 2.41. The lowest BCUT2D eigenvalue weighted by Gasteiger charge is -2.17. The SMILES string of the molecule is CCC(=O)c1cccc(C(C)(C)C)n1. The number of pyridine rings is 1. The molecule has 0 bridgehead atoms. The molecule has 0 aliphatic heterocycles. The molecule has 14 heavy (non-hydrogen) atoms. The Morgan fingerprint density at radius 1 is 1.36 bits per heavy atom. The molecule has 76 valence electrons. The van der Waals surface area contributed by atoms with Crippen molar-refractivity contribution >= 4 is 5.78 Å². The van der Waals surface area contributed by atoms with Gasteiger partial charge in [0.25, 0.3) is 0 Å². The summed E-state index contributed by atoms with van der Waals surface area (Å²) in [5, 5.41) is 0. The Morgan fingerprint density at radius 2 is 2.00 bits per heavy atom. The zero-order valence-electron chi connectivity index (χ0n) is 9.29. The van der Waals surface area contributed by atoms with Crippen LogP contribution < -0.4 is 0 Å². The second-order valence-corrected chi connectivity index (χ2v) is 4.43. The Kier molecular flexibility index (Phi) is 3.04. The molecule has 1 rings (SSSR count). The Labute approximate surface area is 85.4 Å². The van der Waals surface area contributed by atoms with E-state index in [4.69, 9.17) is 0 Å². The molecule has 0 N–H and O–H groups in total. The number of hydrogen-bond donors (Lipinski definition) is 0. The van der Waals surface area contributed by atoms with Crippen molar-refractivity contribution in [3.63, 3.8) is 0 Å². The maximum Gasteiger partial charge on any atom is 0.180 e. The van der Waals surface area contributed by atoms with Gasteiger partial charge in [-0.2, -0.15) is 0 Å². The number of rotatable bonds is 2. The predicted molar refractivity (Wildman–Crippen MR) is 57.6 cm³/mol. The maximum absolute atomic E-state index is 11.4. The zero-order chi connectivity index (χ0) is 10.8. The molecule has 1 heterocycles. The Morgan fingerprint density at radius 3 is 2.50 bits per heavy atom. The summed E-state index contributed by atoms with van der Waals surface area (Å²) >= 11 is 0. The van der Waals surface area contributed by atoms with Gasteiger partial charge in [0.05, 0.1) is 0 Å². The van der Waals surface area contributed by atoms with Gasteiger partial charge < -0.3 is 0 Å². The molecule has 0 fully saturated rings. The van der Waals surface area contributed by atoms with Crippen molar-refractivity contribution in [3.8, 4) is 0 Å². The molecule has 0 saturated heterocycles. The first-order valence-corrected chi connectivity index (χ1v) is 4.96. The molecule has 0 unspecified atom stereocenters. The molecular formula is C12H17NO. The molecule has 0 aliphatic rings. The van der Waals surface area contributed by atoms with Crippen molar-refractivity contribution < 1.29 is 4.79 Å². The summed E-state index contributed by atoms with van der Waals surface area (Å²) in [4.78, 5) is 15.8. The normalized spacial score (nSPS) is 11.4. The van der Waals surface area contributed by atoms with E-state index in [-0.39, 0.29) is 11.2 Å². The average molecular weight is 191 g/mol. The van der Waals surface area contributed by atoms with Crippen LogP contribution in [0.15, 0.2) is 18.2 Å². The molecule has 1 aromatic rings. The lowest BCUT2D eigenvalue weighted by atomic mass is 9.91. The first-order valence-electron chi connectivity index (χ1n) is 4.96.